The van der Waals surface area contributed by atoms with Crippen LogP contribution in [0.25, 0.3) is 11.2 Å². The maximum Gasteiger partial charge on any atom is 0.332 e. The number of rotatable bonds is 8. The zero-order valence-corrected chi connectivity index (χ0v) is 19.4. The van der Waals surface area contributed by atoms with Gasteiger partial charge in [0.05, 0.1) is 5.72 Å². The van der Waals surface area contributed by atoms with E-state index in [0.717, 1.165) is 23.0 Å². The van der Waals surface area contributed by atoms with Crippen molar-refractivity contribution in [3.05, 3.63) is 85.5 Å². The minimum atomic E-state index is -0.447. The lowest BCUT2D eigenvalue weighted by Gasteiger charge is -2.12. The SMILES string of the molecule is CCc1ccccc1[B]c1nc2c(c(=O)n(CCCO)c(=O)n2C)n1Cc1ccc(Cl)cc1. The minimum Gasteiger partial charge on any atom is -0.396 e. The Balaban J connectivity index is 1.94. The lowest BCUT2D eigenvalue weighted by atomic mass is 9.67. The molecule has 2 aromatic heterocycles. The van der Waals surface area contributed by atoms with Crippen LogP contribution in [0.3, 0.4) is 0 Å². The Labute approximate surface area is 197 Å². The monoisotopic (exact) mass is 463 g/mol. The van der Waals surface area contributed by atoms with Crippen LogP contribution < -0.4 is 22.4 Å². The Morgan fingerprint density at radius 3 is 2.48 bits per heavy atom. The van der Waals surface area contributed by atoms with E-state index in [4.69, 9.17) is 16.6 Å². The Kier molecular flexibility index (Phi) is 6.86. The summed E-state index contributed by atoms with van der Waals surface area (Å²) in [7, 11) is 3.57. The molecule has 0 spiro atoms. The van der Waals surface area contributed by atoms with Gasteiger partial charge in [-0.15, -0.1) is 0 Å². The Hall–Kier alpha value is -3.10. The average molecular weight is 464 g/mol. The van der Waals surface area contributed by atoms with Gasteiger partial charge in [0.1, 0.15) is 0 Å². The second-order valence-corrected chi connectivity index (χ2v) is 8.36. The highest BCUT2D eigenvalue weighted by molar-refractivity contribution is 6.66. The Morgan fingerprint density at radius 1 is 1.06 bits per heavy atom. The van der Waals surface area contributed by atoms with Gasteiger partial charge < -0.3 is 9.67 Å². The molecule has 0 aliphatic rings. The molecule has 4 aromatic rings. The standard InChI is InChI=1S/C24H25BClN4O3/c1-3-17-7-4-5-8-19(17)25-23-27-21-20(30(23)15-16-9-11-18(26)12-10-16)22(32)29(13-6-14-31)24(33)28(21)2/h4-5,7-12,31H,3,6,13-15H2,1-2H3. The van der Waals surface area contributed by atoms with Crippen LogP contribution in [0.4, 0.5) is 0 Å². The summed E-state index contributed by atoms with van der Waals surface area (Å²) < 4.78 is 4.42. The van der Waals surface area contributed by atoms with Crippen molar-refractivity contribution in [3.8, 4) is 0 Å². The van der Waals surface area contributed by atoms with Crippen LogP contribution in [0.15, 0.2) is 58.1 Å². The molecule has 7 nitrogen and oxygen atoms in total. The molecular formula is C24H25BClN4O3. The van der Waals surface area contributed by atoms with Gasteiger partial charge >= 0.3 is 5.69 Å². The molecule has 2 heterocycles. The van der Waals surface area contributed by atoms with Gasteiger partial charge in [0.2, 0.25) is 7.28 Å². The van der Waals surface area contributed by atoms with Gasteiger partial charge in [-0.2, -0.15) is 0 Å². The summed E-state index contributed by atoms with van der Waals surface area (Å²) in [5.74, 6) is 0. The number of aromatic nitrogens is 4. The number of aliphatic hydroxyl groups excluding tert-OH is 1. The molecule has 0 saturated carbocycles. The largest absolute Gasteiger partial charge is 0.396 e. The summed E-state index contributed by atoms with van der Waals surface area (Å²) in [4.78, 5) is 31.0. The van der Waals surface area contributed by atoms with Gasteiger partial charge in [0, 0.05) is 31.8 Å². The first-order chi connectivity index (χ1) is 15.9. The number of benzene rings is 2. The van der Waals surface area contributed by atoms with Gasteiger partial charge in [-0.25, -0.2) is 9.78 Å². The average Bonchev–Trinajstić information content (AvgIpc) is 3.17. The van der Waals surface area contributed by atoms with E-state index >= 15 is 0 Å². The van der Waals surface area contributed by atoms with Gasteiger partial charge in [-0.05, 0) is 30.5 Å². The normalized spacial score (nSPS) is 11.3. The Bertz CT molecular complexity index is 1410. The van der Waals surface area contributed by atoms with E-state index < -0.39 is 11.2 Å². The zero-order valence-electron chi connectivity index (χ0n) is 18.7. The number of aryl methyl sites for hydroxylation is 2. The van der Waals surface area contributed by atoms with E-state index in [1.165, 1.54) is 9.13 Å². The highest BCUT2D eigenvalue weighted by atomic mass is 35.5. The predicted octanol–water partition coefficient (Wildman–Crippen LogP) is 1.20. The fourth-order valence-corrected chi connectivity index (χ4v) is 4.12. The van der Waals surface area contributed by atoms with Gasteiger partial charge in [0.15, 0.2) is 11.2 Å². The zero-order chi connectivity index (χ0) is 23.5. The molecule has 0 amide bonds. The van der Waals surface area contributed by atoms with Crippen molar-refractivity contribution in [3.63, 3.8) is 0 Å². The summed E-state index contributed by atoms with van der Waals surface area (Å²) in [6.07, 6.45) is 1.17. The van der Waals surface area contributed by atoms with E-state index in [1.807, 2.05) is 42.2 Å². The second-order valence-electron chi connectivity index (χ2n) is 7.93. The highest BCUT2D eigenvalue weighted by Gasteiger charge is 2.21. The fraction of sp³-hybridized carbons (Fsp3) is 0.292. The molecule has 4 rings (SSSR count). The first-order valence-electron chi connectivity index (χ1n) is 10.9. The molecule has 0 fully saturated rings. The smallest absolute Gasteiger partial charge is 0.332 e. The topological polar surface area (TPSA) is 82.1 Å². The number of hydrogen-bond acceptors (Lipinski definition) is 4. The summed E-state index contributed by atoms with van der Waals surface area (Å²) in [5, 5.41) is 9.85. The van der Waals surface area contributed by atoms with Crippen molar-refractivity contribution < 1.29 is 5.11 Å². The number of aliphatic hydroxyl groups is 1. The first-order valence-corrected chi connectivity index (χ1v) is 11.3. The minimum absolute atomic E-state index is 0.107. The molecule has 0 aliphatic heterocycles. The van der Waals surface area contributed by atoms with E-state index in [1.54, 1.807) is 19.2 Å². The fourth-order valence-electron chi connectivity index (χ4n) is 3.99. The van der Waals surface area contributed by atoms with Crippen molar-refractivity contribution in [1.82, 2.24) is 18.7 Å². The van der Waals surface area contributed by atoms with Crippen LogP contribution in [0, 0.1) is 0 Å². The van der Waals surface area contributed by atoms with E-state index in [9.17, 15) is 14.7 Å². The van der Waals surface area contributed by atoms with Gasteiger partial charge in [0.25, 0.3) is 5.56 Å². The molecule has 33 heavy (non-hydrogen) atoms. The van der Waals surface area contributed by atoms with Crippen molar-refractivity contribution >= 4 is 41.2 Å². The number of fused-ring (bicyclic) bond motifs is 1. The van der Waals surface area contributed by atoms with Crippen molar-refractivity contribution in [1.29, 1.82) is 0 Å². The van der Waals surface area contributed by atoms with Crippen molar-refractivity contribution in [2.75, 3.05) is 6.61 Å². The number of nitrogens with zero attached hydrogens (tertiary/aromatic N) is 4. The van der Waals surface area contributed by atoms with Crippen LogP contribution in [0.2, 0.25) is 5.02 Å². The predicted molar refractivity (Wildman–Crippen MR) is 132 cm³/mol. The van der Waals surface area contributed by atoms with E-state index in [0.29, 0.717) is 34.9 Å². The van der Waals surface area contributed by atoms with Crippen LogP contribution in [-0.4, -0.2) is 37.7 Å². The number of imidazole rings is 1. The molecule has 9 heteroatoms. The van der Waals surface area contributed by atoms with E-state index in [-0.39, 0.29) is 13.2 Å². The summed E-state index contributed by atoms with van der Waals surface area (Å²) in [6.45, 7) is 2.51. The summed E-state index contributed by atoms with van der Waals surface area (Å²) in [5.41, 5.74) is 3.55. The highest BCUT2D eigenvalue weighted by Crippen LogP contribution is 2.13. The molecule has 0 unspecified atom stereocenters. The maximum absolute atomic E-state index is 13.4. The lowest BCUT2D eigenvalue weighted by Crippen LogP contribution is -2.40. The number of halogens is 1. The third-order valence-electron chi connectivity index (χ3n) is 5.78. The van der Waals surface area contributed by atoms with Crippen molar-refractivity contribution in [2.45, 2.75) is 32.9 Å². The van der Waals surface area contributed by atoms with Crippen LogP contribution in [-0.2, 0) is 26.6 Å². The first kappa shape index (κ1) is 23.1. The molecule has 0 saturated heterocycles. The second kappa shape index (κ2) is 9.81. The quantitative estimate of drug-likeness (QED) is 0.398. The van der Waals surface area contributed by atoms with Crippen LogP contribution >= 0.6 is 11.6 Å². The number of hydrogen-bond donors (Lipinski definition) is 1. The van der Waals surface area contributed by atoms with Crippen LogP contribution in [0.5, 0.6) is 0 Å². The molecule has 0 atom stereocenters. The molecular weight excluding hydrogens is 439 g/mol. The third kappa shape index (κ3) is 4.54. The molecule has 0 bridgehead atoms. The van der Waals surface area contributed by atoms with Gasteiger partial charge in [-0.1, -0.05) is 65.9 Å². The van der Waals surface area contributed by atoms with Crippen LogP contribution in [0.1, 0.15) is 24.5 Å². The maximum atomic E-state index is 13.4. The molecule has 0 aliphatic carbocycles. The molecule has 1 radical (unpaired) electrons. The molecule has 2 aromatic carbocycles. The van der Waals surface area contributed by atoms with Gasteiger partial charge in [-0.3, -0.25) is 13.9 Å². The lowest BCUT2D eigenvalue weighted by molar-refractivity contribution is 0.277. The molecule has 1 N–H and O–H groups in total. The Morgan fingerprint density at radius 2 is 1.79 bits per heavy atom. The van der Waals surface area contributed by atoms with E-state index in [2.05, 4.69) is 13.0 Å². The van der Waals surface area contributed by atoms with Crippen molar-refractivity contribution in [2.24, 2.45) is 7.05 Å². The summed E-state index contributed by atoms with van der Waals surface area (Å²) >= 11 is 6.06. The third-order valence-corrected chi connectivity index (χ3v) is 6.03. The summed E-state index contributed by atoms with van der Waals surface area (Å²) in [6, 6.07) is 15.5. The molecule has 169 valence electrons.